The first-order chi connectivity index (χ1) is 15.3. The van der Waals surface area contributed by atoms with Crippen LogP contribution < -0.4 is 15.4 Å². The third kappa shape index (κ3) is 3.69. The van der Waals surface area contributed by atoms with Gasteiger partial charge in [0, 0.05) is 24.5 Å². The van der Waals surface area contributed by atoms with E-state index in [4.69, 9.17) is 4.74 Å². The molecule has 3 N–H and O–H groups in total. The molecule has 3 heterocycles. The zero-order chi connectivity index (χ0) is 23.0. The van der Waals surface area contributed by atoms with E-state index in [2.05, 4.69) is 26.8 Å². The van der Waals surface area contributed by atoms with Gasteiger partial charge < -0.3 is 15.0 Å². The topological polar surface area (TPSA) is 142 Å². The van der Waals surface area contributed by atoms with E-state index in [0.717, 1.165) is 16.6 Å². The van der Waals surface area contributed by atoms with Crippen molar-refractivity contribution in [3.8, 4) is 11.8 Å². The summed E-state index contributed by atoms with van der Waals surface area (Å²) >= 11 is 0. The van der Waals surface area contributed by atoms with Crippen LogP contribution in [0, 0.1) is 25.2 Å². The van der Waals surface area contributed by atoms with Gasteiger partial charge in [-0.3, -0.25) is 24.4 Å². The van der Waals surface area contributed by atoms with Crippen molar-refractivity contribution in [1.82, 2.24) is 20.1 Å². The van der Waals surface area contributed by atoms with Crippen LogP contribution in [0.2, 0.25) is 0 Å². The van der Waals surface area contributed by atoms with Crippen LogP contribution in [-0.2, 0) is 21.4 Å². The molecule has 3 aromatic rings. The second kappa shape index (κ2) is 8.19. The number of hydrogen-bond donors (Lipinski definition) is 3. The van der Waals surface area contributed by atoms with E-state index in [9.17, 15) is 19.6 Å². The Hall–Kier alpha value is -4.13. The fourth-order valence-electron chi connectivity index (χ4n) is 3.93. The molecule has 1 fully saturated rings. The maximum atomic E-state index is 12.4. The van der Waals surface area contributed by atoms with Crippen LogP contribution in [-0.4, -0.2) is 39.1 Å². The number of aryl methyl sites for hydroxylation is 2. The number of fused-ring (bicyclic) bond motifs is 1. The number of nitrogens with zero attached hydrogens (tertiary/aromatic N) is 3. The standard InChI is InChI=1S/C22H22N6O4/c1-11-12(2)24-21(15(11)9-23)25-18(30)10-32-16-6-4-5-13-19(27-28(3)20(13)16)14-7-8-17(29)26-22(14)31/h4-6,14,24H,7-8,10H2,1-3H3,(H,25,30)(H,26,29,31). The molecule has 3 amide bonds. The number of imide groups is 1. The predicted molar refractivity (Wildman–Crippen MR) is 115 cm³/mol. The number of hydrogen-bond acceptors (Lipinski definition) is 6. The maximum absolute atomic E-state index is 12.4. The van der Waals surface area contributed by atoms with Gasteiger partial charge in [0.15, 0.2) is 6.61 Å². The summed E-state index contributed by atoms with van der Waals surface area (Å²) in [5, 5.41) is 19.6. The van der Waals surface area contributed by atoms with Gasteiger partial charge in [0.1, 0.15) is 23.2 Å². The van der Waals surface area contributed by atoms with E-state index >= 15 is 0 Å². The van der Waals surface area contributed by atoms with Crippen molar-refractivity contribution in [3.05, 3.63) is 40.7 Å². The monoisotopic (exact) mass is 434 g/mol. The Bertz CT molecular complexity index is 1300. The number of nitriles is 1. The summed E-state index contributed by atoms with van der Waals surface area (Å²) in [5.74, 6) is -0.822. The molecule has 1 saturated heterocycles. The highest BCUT2D eigenvalue weighted by atomic mass is 16.5. The number of aromatic amines is 1. The summed E-state index contributed by atoms with van der Waals surface area (Å²) in [6.07, 6.45) is 0.647. The maximum Gasteiger partial charge on any atom is 0.263 e. The van der Waals surface area contributed by atoms with Gasteiger partial charge in [-0.05, 0) is 31.9 Å². The van der Waals surface area contributed by atoms with Crippen molar-refractivity contribution < 1.29 is 19.1 Å². The van der Waals surface area contributed by atoms with E-state index in [-0.39, 0.29) is 24.8 Å². The summed E-state index contributed by atoms with van der Waals surface area (Å²) in [5.41, 5.74) is 3.18. The van der Waals surface area contributed by atoms with Crippen LogP contribution in [0.15, 0.2) is 18.2 Å². The molecule has 1 atom stereocenters. The molecule has 4 rings (SSSR count). The van der Waals surface area contributed by atoms with Crippen LogP contribution >= 0.6 is 0 Å². The first-order valence-corrected chi connectivity index (χ1v) is 10.1. The SMILES string of the molecule is Cc1[nH]c(NC(=O)COc2cccc3c(C4CCC(=O)NC4=O)nn(C)c23)c(C#N)c1C. The number of benzene rings is 1. The van der Waals surface area contributed by atoms with Gasteiger partial charge >= 0.3 is 0 Å². The van der Waals surface area contributed by atoms with E-state index in [1.807, 2.05) is 13.0 Å². The first kappa shape index (κ1) is 21.1. The van der Waals surface area contributed by atoms with Gasteiger partial charge in [-0.15, -0.1) is 0 Å². The number of rotatable bonds is 5. The molecule has 0 radical (unpaired) electrons. The lowest BCUT2D eigenvalue weighted by Crippen LogP contribution is -2.39. The second-order valence-corrected chi connectivity index (χ2v) is 7.74. The molecular weight excluding hydrogens is 412 g/mol. The van der Waals surface area contributed by atoms with Crippen molar-refractivity contribution >= 4 is 34.4 Å². The minimum absolute atomic E-state index is 0.257. The number of aromatic nitrogens is 3. The van der Waals surface area contributed by atoms with E-state index in [0.29, 0.717) is 34.8 Å². The number of para-hydroxylation sites is 1. The zero-order valence-corrected chi connectivity index (χ0v) is 17.9. The zero-order valence-electron chi connectivity index (χ0n) is 17.9. The molecule has 10 nitrogen and oxygen atoms in total. The Kier molecular flexibility index (Phi) is 5.40. The smallest absolute Gasteiger partial charge is 0.263 e. The highest BCUT2D eigenvalue weighted by Gasteiger charge is 2.32. The fraction of sp³-hybridized carbons (Fsp3) is 0.318. The Morgan fingerprint density at radius 3 is 2.88 bits per heavy atom. The highest BCUT2D eigenvalue weighted by Crippen LogP contribution is 2.34. The van der Waals surface area contributed by atoms with E-state index in [1.54, 1.807) is 30.8 Å². The van der Waals surface area contributed by atoms with Gasteiger partial charge in [-0.1, -0.05) is 12.1 Å². The summed E-state index contributed by atoms with van der Waals surface area (Å²) in [4.78, 5) is 39.2. The average Bonchev–Trinajstić information content (AvgIpc) is 3.22. The second-order valence-electron chi connectivity index (χ2n) is 7.74. The number of piperidine rings is 1. The van der Waals surface area contributed by atoms with Crippen LogP contribution in [0.5, 0.6) is 5.75 Å². The number of anilines is 1. The Morgan fingerprint density at radius 1 is 1.38 bits per heavy atom. The third-order valence-corrected chi connectivity index (χ3v) is 5.66. The Labute approximate surface area is 183 Å². The Balaban J connectivity index is 1.54. The molecular formula is C22H22N6O4. The molecule has 1 aromatic carbocycles. The molecule has 0 aliphatic carbocycles. The molecule has 0 spiro atoms. The summed E-state index contributed by atoms with van der Waals surface area (Å²) in [7, 11) is 1.73. The van der Waals surface area contributed by atoms with Crippen molar-refractivity contribution in [2.75, 3.05) is 11.9 Å². The van der Waals surface area contributed by atoms with Gasteiger partial charge in [-0.2, -0.15) is 10.4 Å². The lowest BCUT2D eigenvalue weighted by atomic mass is 9.93. The fourth-order valence-corrected chi connectivity index (χ4v) is 3.93. The van der Waals surface area contributed by atoms with Crippen molar-refractivity contribution in [2.24, 2.45) is 7.05 Å². The molecule has 0 saturated carbocycles. The van der Waals surface area contributed by atoms with E-state index in [1.165, 1.54) is 0 Å². The van der Waals surface area contributed by atoms with Gasteiger partial charge in [-0.25, -0.2) is 0 Å². The van der Waals surface area contributed by atoms with Crippen LogP contribution in [0.1, 0.15) is 41.3 Å². The van der Waals surface area contributed by atoms with Crippen molar-refractivity contribution in [3.63, 3.8) is 0 Å². The number of ether oxygens (including phenoxy) is 1. The third-order valence-electron chi connectivity index (χ3n) is 5.66. The molecule has 10 heteroatoms. The van der Waals surface area contributed by atoms with Crippen molar-refractivity contribution in [2.45, 2.75) is 32.6 Å². The normalized spacial score (nSPS) is 16.0. The number of H-pyrrole nitrogens is 1. The minimum Gasteiger partial charge on any atom is -0.481 e. The molecule has 32 heavy (non-hydrogen) atoms. The summed E-state index contributed by atoms with van der Waals surface area (Å²) in [6, 6.07) is 7.39. The number of carbonyl (C=O) groups excluding carboxylic acids is 3. The van der Waals surface area contributed by atoms with Crippen LogP contribution in [0.25, 0.3) is 10.9 Å². The molecule has 164 valence electrons. The van der Waals surface area contributed by atoms with Gasteiger partial charge in [0.25, 0.3) is 5.91 Å². The highest BCUT2D eigenvalue weighted by molar-refractivity contribution is 6.03. The van der Waals surface area contributed by atoms with Crippen LogP contribution in [0.4, 0.5) is 5.82 Å². The number of nitrogens with one attached hydrogen (secondary N) is 3. The minimum atomic E-state index is -0.529. The number of amides is 3. The van der Waals surface area contributed by atoms with Gasteiger partial charge in [0.2, 0.25) is 11.8 Å². The number of carbonyl (C=O) groups is 3. The van der Waals surface area contributed by atoms with Gasteiger partial charge in [0.05, 0.1) is 17.2 Å². The Morgan fingerprint density at radius 2 is 2.16 bits per heavy atom. The largest absolute Gasteiger partial charge is 0.481 e. The molecule has 2 aromatic heterocycles. The quantitative estimate of drug-likeness (QED) is 0.524. The predicted octanol–water partition coefficient (Wildman–Crippen LogP) is 1.93. The molecule has 1 unspecified atom stereocenters. The lowest BCUT2D eigenvalue weighted by molar-refractivity contribution is -0.134. The summed E-state index contributed by atoms with van der Waals surface area (Å²) in [6.45, 7) is 3.35. The molecule has 1 aliphatic heterocycles. The molecule has 0 bridgehead atoms. The van der Waals surface area contributed by atoms with Crippen molar-refractivity contribution in [1.29, 1.82) is 5.26 Å². The average molecular weight is 434 g/mol. The lowest BCUT2D eigenvalue weighted by Gasteiger charge is -2.19. The first-order valence-electron chi connectivity index (χ1n) is 10.1. The summed E-state index contributed by atoms with van der Waals surface area (Å²) < 4.78 is 7.37. The van der Waals surface area contributed by atoms with E-state index < -0.39 is 11.8 Å². The molecule has 1 aliphatic rings. The van der Waals surface area contributed by atoms with Crippen LogP contribution in [0.3, 0.4) is 0 Å².